The number of carbonyl (C=O) groups is 2. The third-order valence-electron chi connectivity index (χ3n) is 8.09. The van der Waals surface area contributed by atoms with E-state index in [1.807, 2.05) is 0 Å². The van der Waals surface area contributed by atoms with Crippen LogP contribution in [-0.4, -0.2) is 49.3 Å². The molecule has 0 saturated heterocycles. The highest BCUT2D eigenvalue weighted by Crippen LogP contribution is 2.43. The molecule has 9 nitrogen and oxygen atoms in total. The third-order valence-corrected chi connectivity index (χ3v) is 9.07. The van der Waals surface area contributed by atoms with Gasteiger partial charge in [-0.1, -0.05) is 141 Å². The lowest BCUT2D eigenvalue weighted by atomic mass is 10.0. The number of hydrogen-bond donors (Lipinski definition) is 2. The van der Waals surface area contributed by atoms with Crippen LogP contribution < -0.4 is 5.73 Å². The molecule has 0 amide bonds. The Bertz CT molecular complexity index is 851. The van der Waals surface area contributed by atoms with Crippen LogP contribution in [0.2, 0.25) is 0 Å². The molecule has 0 bridgehead atoms. The molecule has 0 aliphatic rings. The molecule has 1 unspecified atom stereocenters. The fourth-order valence-electron chi connectivity index (χ4n) is 5.19. The Kier molecular flexibility index (Phi) is 34.2. The molecule has 3 N–H and O–H groups in total. The van der Waals surface area contributed by atoms with Crippen LogP contribution in [0.5, 0.6) is 0 Å². The first-order valence-corrected chi connectivity index (χ1v) is 20.8. The fraction of sp³-hybridized carbons (Fsp3) is 0.842. The third kappa shape index (κ3) is 34.4. The van der Waals surface area contributed by atoms with E-state index in [4.69, 9.17) is 24.3 Å². The average molecular weight is 702 g/mol. The molecule has 10 heteroatoms. The number of rotatable bonds is 36. The maximum absolute atomic E-state index is 12.5. The number of phosphoric acid groups is 1. The topological polar surface area (TPSA) is 134 Å². The molecular formula is C38H72NO8P. The molecule has 48 heavy (non-hydrogen) atoms. The maximum atomic E-state index is 12.5. The van der Waals surface area contributed by atoms with E-state index in [0.717, 1.165) is 57.8 Å². The fourth-order valence-corrected chi connectivity index (χ4v) is 5.96. The van der Waals surface area contributed by atoms with Crippen LogP contribution in [0.1, 0.15) is 174 Å². The van der Waals surface area contributed by atoms with E-state index in [2.05, 4.69) is 38.2 Å². The van der Waals surface area contributed by atoms with E-state index in [-0.39, 0.29) is 38.6 Å². The number of hydrogen-bond acceptors (Lipinski definition) is 8. The zero-order valence-corrected chi connectivity index (χ0v) is 31.6. The zero-order chi connectivity index (χ0) is 35.4. The van der Waals surface area contributed by atoms with Gasteiger partial charge in [-0.25, -0.2) is 4.57 Å². The van der Waals surface area contributed by atoms with Crippen LogP contribution in [0.25, 0.3) is 0 Å². The molecule has 0 aliphatic heterocycles. The first kappa shape index (κ1) is 46.5. The summed E-state index contributed by atoms with van der Waals surface area (Å²) in [6.45, 7) is 3.68. The molecule has 0 spiro atoms. The van der Waals surface area contributed by atoms with Crippen LogP contribution in [-0.2, 0) is 32.7 Å². The van der Waals surface area contributed by atoms with Gasteiger partial charge in [-0.15, -0.1) is 0 Å². The quantitative estimate of drug-likeness (QED) is 0.0283. The highest BCUT2D eigenvalue weighted by atomic mass is 31.2. The number of esters is 2. The molecule has 282 valence electrons. The summed E-state index contributed by atoms with van der Waals surface area (Å²) < 4.78 is 32.6. The monoisotopic (exact) mass is 701 g/mol. The van der Waals surface area contributed by atoms with Gasteiger partial charge in [-0.2, -0.15) is 0 Å². The van der Waals surface area contributed by atoms with E-state index in [9.17, 15) is 19.0 Å². The Morgan fingerprint density at radius 1 is 0.625 bits per heavy atom. The second-order valence-corrected chi connectivity index (χ2v) is 14.3. The summed E-state index contributed by atoms with van der Waals surface area (Å²) >= 11 is 0. The highest BCUT2D eigenvalue weighted by molar-refractivity contribution is 7.47. The Balaban J connectivity index is 4.24. The van der Waals surface area contributed by atoms with Crippen molar-refractivity contribution in [2.75, 3.05) is 26.4 Å². The summed E-state index contributed by atoms with van der Waals surface area (Å²) in [4.78, 5) is 34.7. The second-order valence-electron chi connectivity index (χ2n) is 12.8. The van der Waals surface area contributed by atoms with Crippen LogP contribution in [0.4, 0.5) is 0 Å². The first-order valence-electron chi connectivity index (χ1n) is 19.3. The predicted octanol–water partition coefficient (Wildman–Crippen LogP) is 10.4. The van der Waals surface area contributed by atoms with Crippen molar-refractivity contribution in [3.05, 3.63) is 24.3 Å². The number of ether oxygens (including phenoxy) is 2. The van der Waals surface area contributed by atoms with Crippen molar-refractivity contribution in [1.82, 2.24) is 0 Å². The zero-order valence-electron chi connectivity index (χ0n) is 30.7. The minimum Gasteiger partial charge on any atom is -0.462 e. The average Bonchev–Trinajstić information content (AvgIpc) is 3.07. The molecule has 0 aromatic heterocycles. The van der Waals surface area contributed by atoms with Gasteiger partial charge < -0.3 is 20.1 Å². The van der Waals surface area contributed by atoms with Gasteiger partial charge in [0, 0.05) is 19.4 Å². The number of carbonyl (C=O) groups excluding carboxylic acids is 2. The minimum atomic E-state index is -4.37. The Morgan fingerprint density at radius 3 is 1.62 bits per heavy atom. The lowest BCUT2D eigenvalue weighted by molar-refractivity contribution is -0.161. The lowest BCUT2D eigenvalue weighted by Crippen LogP contribution is -2.29. The Morgan fingerprint density at radius 2 is 1.08 bits per heavy atom. The van der Waals surface area contributed by atoms with Crippen molar-refractivity contribution in [2.45, 2.75) is 180 Å². The summed E-state index contributed by atoms with van der Waals surface area (Å²) in [5.74, 6) is -0.842. The van der Waals surface area contributed by atoms with Gasteiger partial charge in [0.1, 0.15) is 6.61 Å². The van der Waals surface area contributed by atoms with Crippen molar-refractivity contribution in [3.8, 4) is 0 Å². The van der Waals surface area contributed by atoms with E-state index in [1.54, 1.807) is 0 Å². The summed E-state index contributed by atoms with van der Waals surface area (Å²) in [6.07, 6.45) is 34.9. The molecular weight excluding hydrogens is 629 g/mol. The number of nitrogens with two attached hydrogens (primary N) is 1. The lowest BCUT2D eigenvalue weighted by Gasteiger charge is -2.19. The summed E-state index contributed by atoms with van der Waals surface area (Å²) in [5, 5.41) is 0. The van der Waals surface area contributed by atoms with Gasteiger partial charge in [0.2, 0.25) is 0 Å². The van der Waals surface area contributed by atoms with Crippen molar-refractivity contribution >= 4 is 19.8 Å². The van der Waals surface area contributed by atoms with E-state index in [0.29, 0.717) is 6.42 Å². The molecule has 0 aromatic rings. The molecule has 0 saturated carbocycles. The smallest absolute Gasteiger partial charge is 0.462 e. The highest BCUT2D eigenvalue weighted by Gasteiger charge is 2.25. The van der Waals surface area contributed by atoms with Crippen molar-refractivity contribution < 1.29 is 37.6 Å². The summed E-state index contributed by atoms with van der Waals surface area (Å²) in [5.41, 5.74) is 5.33. The molecule has 0 fully saturated rings. The number of phosphoric ester groups is 1. The first-order chi connectivity index (χ1) is 23.3. The predicted molar refractivity (Wildman–Crippen MR) is 197 cm³/mol. The van der Waals surface area contributed by atoms with Crippen molar-refractivity contribution in [2.24, 2.45) is 5.73 Å². The standard InChI is InChI=1S/C38H72NO8P/c1-3-5-7-9-11-13-15-17-18-19-21-23-25-27-29-31-38(41)47-36(35-46-48(42,43)45-33-32-39)34-44-37(40)30-28-26-24-22-20-16-14-12-10-8-6-4-2/h11,13,17-18,36H,3-10,12,14-16,19-35,39H2,1-2H3,(H,42,43)/t36-/m1/s1. The molecule has 0 heterocycles. The normalized spacial score (nSPS) is 13.7. The number of allylic oxidation sites excluding steroid dienone is 4. The van der Waals surface area contributed by atoms with E-state index in [1.165, 1.54) is 83.5 Å². The van der Waals surface area contributed by atoms with Crippen LogP contribution in [0, 0.1) is 0 Å². The Labute approximate surface area is 293 Å². The van der Waals surface area contributed by atoms with Gasteiger partial charge in [0.25, 0.3) is 0 Å². The van der Waals surface area contributed by atoms with E-state index >= 15 is 0 Å². The molecule has 2 atom stereocenters. The van der Waals surface area contributed by atoms with Gasteiger partial charge in [0.15, 0.2) is 6.10 Å². The van der Waals surface area contributed by atoms with Crippen LogP contribution in [0.3, 0.4) is 0 Å². The Hall–Kier alpha value is -1.51. The summed E-state index contributed by atoms with van der Waals surface area (Å²) in [7, 11) is -4.37. The molecule has 0 radical (unpaired) electrons. The second kappa shape index (κ2) is 35.3. The van der Waals surface area contributed by atoms with Crippen molar-refractivity contribution in [3.63, 3.8) is 0 Å². The van der Waals surface area contributed by atoms with E-state index < -0.39 is 26.5 Å². The SMILES string of the molecule is CCCCCC=CCC=CCCCCCCCC(=O)O[C@H](COC(=O)CCCCCCCCCCCCCC)COP(=O)(O)OCCN. The molecule has 0 aliphatic carbocycles. The van der Waals surface area contributed by atoms with Crippen molar-refractivity contribution in [1.29, 1.82) is 0 Å². The molecule has 0 rings (SSSR count). The summed E-state index contributed by atoms with van der Waals surface area (Å²) in [6, 6.07) is 0. The van der Waals surface area contributed by atoms with Gasteiger partial charge >= 0.3 is 19.8 Å². The largest absolute Gasteiger partial charge is 0.472 e. The van der Waals surface area contributed by atoms with Gasteiger partial charge in [-0.05, 0) is 44.9 Å². The maximum Gasteiger partial charge on any atom is 0.472 e. The van der Waals surface area contributed by atoms with Crippen LogP contribution in [0.15, 0.2) is 24.3 Å². The van der Waals surface area contributed by atoms with Gasteiger partial charge in [-0.3, -0.25) is 18.6 Å². The van der Waals surface area contributed by atoms with Gasteiger partial charge in [0.05, 0.1) is 13.2 Å². The number of unbranched alkanes of at least 4 members (excludes halogenated alkanes) is 19. The van der Waals surface area contributed by atoms with Crippen LogP contribution >= 0.6 is 7.82 Å². The molecule has 0 aromatic carbocycles. The minimum absolute atomic E-state index is 0.0522.